The molecule has 0 N–H and O–H groups in total. The summed E-state index contributed by atoms with van der Waals surface area (Å²) in [5.41, 5.74) is 1.48. The summed E-state index contributed by atoms with van der Waals surface area (Å²) in [5, 5.41) is 13.7. The van der Waals surface area contributed by atoms with Crippen LogP contribution in [0.4, 0.5) is 0 Å². The Balaban J connectivity index is 1.68. The van der Waals surface area contributed by atoms with Gasteiger partial charge in [-0.3, -0.25) is 13.8 Å². The van der Waals surface area contributed by atoms with Gasteiger partial charge in [-0.05, 0) is 32.0 Å². The summed E-state index contributed by atoms with van der Waals surface area (Å²) in [6.45, 7) is 4.05. The monoisotopic (exact) mass is 448 g/mol. The van der Waals surface area contributed by atoms with Crippen LogP contribution in [0.2, 0.25) is 0 Å². The number of nitrogens with zero attached hydrogens (tertiary/aromatic N) is 6. The molecule has 0 aliphatic rings. The predicted molar refractivity (Wildman–Crippen MR) is 120 cm³/mol. The average molecular weight is 449 g/mol. The van der Waals surface area contributed by atoms with E-state index in [1.54, 1.807) is 18.6 Å². The number of para-hydroxylation sites is 2. The van der Waals surface area contributed by atoms with E-state index >= 15 is 0 Å². The van der Waals surface area contributed by atoms with Crippen molar-refractivity contribution in [1.29, 1.82) is 0 Å². The minimum absolute atomic E-state index is 0.136. The number of benzene rings is 2. The van der Waals surface area contributed by atoms with E-state index < -0.39 is 0 Å². The van der Waals surface area contributed by atoms with Gasteiger partial charge in [-0.1, -0.05) is 47.3 Å². The fourth-order valence-corrected chi connectivity index (χ4v) is 4.53. The Morgan fingerprint density at radius 2 is 1.91 bits per heavy atom. The number of hydrogen-bond donors (Lipinski definition) is 0. The first-order chi connectivity index (χ1) is 15.6. The highest BCUT2D eigenvalue weighted by atomic mass is 32.2. The zero-order valence-corrected chi connectivity index (χ0v) is 18.5. The third kappa shape index (κ3) is 3.42. The third-order valence-electron chi connectivity index (χ3n) is 5.17. The lowest BCUT2D eigenvalue weighted by molar-refractivity contribution is 0.376. The Morgan fingerprint density at radius 1 is 1.12 bits per heavy atom. The van der Waals surface area contributed by atoms with Gasteiger partial charge in [0.15, 0.2) is 11.0 Å². The predicted octanol–water partition coefficient (Wildman–Crippen LogP) is 3.65. The van der Waals surface area contributed by atoms with Gasteiger partial charge in [-0.15, -0.1) is 10.2 Å². The minimum atomic E-state index is -0.142. The topological polar surface area (TPSA) is 100 Å². The standard InChI is InChI=1S/C22H20N6O3S/c1-13(19-23-14(2)26-31-19)32-22-25-24-21-27(12-15-8-4-7-11-18(15)30-3)20(29)16-9-5-6-10-17(16)28(21)22/h4-11,13H,12H2,1-3H3. The van der Waals surface area contributed by atoms with Crippen LogP contribution < -0.4 is 10.3 Å². The fraction of sp³-hybridized carbons (Fsp3) is 0.227. The van der Waals surface area contributed by atoms with Crippen molar-refractivity contribution < 1.29 is 9.26 Å². The average Bonchev–Trinajstić information content (AvgIpc) is 3.43. The lowest BCUT2D eigenvalue weighted by Crippen LogP contribution is -2.24. The summed E-state index contributed by atoms with van der Waals surface area (Å²) >= 11 is 1.44. The molecule has 0 aliphatic heterocycles. The molecule has 0 fully saturated rings. The fourth-order valence-electron chi connectivity index (χ4n) is 3.64. The third-order valence-corrected chi connectivity index (χ3v) is 6.20. The smallest absolute Gasteiger partial charge is 0.263 e. The SMILES string of the molecule is COc1ccccc1Cn1c(=O)c2ccccc2n2c(SC(C)c3nc(C)no3)nnc12. The van der Waals surface area contributed by atoms with Crippen molar-refractivity contribution >= 4 is 28.4 Å². The van der Waals surface area contributed by atoms with Crippen molar-refractivity contribution in [3.8, 4) is 5.75 Å². The number of hydrogen-bond acceptors (Lipinski definition) is 8. The molecule has 3 aromatic heterocycles. The molecular weight excluding hydrogens is 428 g/mol. The molecule has 0 aliphatic carbocycles. The number of rotatable bonds is 6. The van der Waals surface area contributed by atoms with Gasteiger partial charge in [0, 0.05) is 5.56 Å². The molecule has 162 valence electrons. The van der Waals surface area contributed by atoms with Crippen LogP contribution in [0.25, 0.3) is 16.7 Å². The van der Waals surface area contributed by atoms with E-state index in [4.69, 9.17) is 9.26 Å². The van der Waals surface area contributed by atoms with Crippen molar-refractivity contribution in [3.05, 3.63) is 76.2 Å². The van der Waals surface area contributed by atoms with Crippen LogP contribution in [0.5, 0.6) is 5.75 Å². The highest BCUT2D eigenvalue weighted by Gasteiger charge is 2.22. The molecule has 1 unspecified atom stereocenters. The maximum atomic E-state index is 13.4. The lowest BCUT2D eigenvalue weighted by atomic mass is 10.2. The van der Waals surface area contributed by atoms with Gasteiger partial charge < -0.3 is 9.26 Å². The molecule has 0 bridgehead atoms. The molecule has 0 spiro atoms. The molecule has 0 radical (unpaired) electrons. The van der Waals surface area contributed by atoms with E-state index in [9.17, 15) is 4.79 Å². The minimum Gasteiger partial charge on any atom is -0.496 e. The van der Waals surface area contributed by atoms with Gasteiger partial charge >= 0.3 is 0 Å². The van der Waals surface area contributed by atoms with Gasteiger partial charge in [0.2, 0.25) is 11.7 Å². The number of thioether (sulfide) groups is 1. The second-order valence-corrected chi connectivity index (χ2v) is 8.59. The molecular formula is C22H20N6O3S. The van der Waals surface area contributed by atoms with E-state index in [1.165, 1.54) is 11.8 Å². The van der Waals surface area contributed by atoms with Crippen LogP contribution in [0, 0.1) is 6.92 Å². The summed E-state index contributed by atoms with van der Waals surface area (Å²) in [4.78, 5) is 17.7. The molecule has 5 rings (SSSR count). The van der Waals surface area contributed by atoms with Crippen LogP contribution in [-0.4, -0.2) is 36.4 Å². The molecule has 2 aromatic carbocycles. The van der Waals surface area contributed by atoms with E-state index in [-0.39, 0.29) is 10.8 Å². The maximum Gasteiger partial charge on any atom is 0.263 e. The molecule has 1 atom stereocenters. The van der Waals surface area contributed by atoms with Crippen molar-refractivity contribution in [2.45, 2.75) is 30.8 Å². The molecule has 0 saturated carbocycles. The summed E-state index contributed by atoms with van der Waals surface area (Å²) < 4.78 is 14.3. The Bertz CT molecular complexity index is 1490. The second-order valence-electron chi connectivity index (χ2n) is 7.28. The molecule has 5 aromatic rings. The van der Waals surface area contributed by atoms with Gasteiger partial charge in [0.25, 0.3) is 5.56 Å². The van der Waals surface area contributed by atoms with Crippen molar-refractivity contribution in [3.63, 3.8) is 0 Å². The van der Waals surface area contributed by atoms with Crippen molar-refractivity contribution in [2.24, 2.45) is 0 Å². The summed E-state index contributed by atoms with van der Waals surface area (Å²) in [5.74, 6) is 2.25. The summed E-state index contributed by atoms with van der Waals surface area (Å²) in [6, 6.07) is 15.1. The molecule has 9 nitrogen and oxygen atoms in total. The first-order valence-corrected chi connectivity index (χ1v) is 10.9. The molecule has 3 heterocycles. The normalized spacial score (nSPS) is 12.5. The highest BCUT2D eigenvalue weighted by molar-refractivity contribution is 7.99. The zero-order chi connectivity index (χ0) is 22.2. The van der Waals surface area contributed by atoms with Crippen LogP contribution >= 0.6 is 11.8 Å². The second kappa shape index (κ2) is 8.12. The van der Waals surface area contributed by atoms with Gasteiger partial charge in [0.1, 0.15) is 5.75 Å². The van der Waals surface area contributed by atoms with Crippen molar-refractivity contribution in [1.82, 2.24) is 29.3 Å². The quantitative estimate of drug-likeness (QED) is 0.363. The molecule has 32 heavy (non-hydrogen) atoms. The molecule has 0 amide bonds. The number of fused-ring (bicyclic) bond motifs is 3. The Hall–Kier alpha value is -3.66. The number of aromatic nitrogens is 6. The van der Waals surface area contributed by atoms with Gasteiger partial charge in [0.05, 0.1) is 29.8 Å². The largest absolute Gasteiger partial charge is 0.496 e. The molecule has 0 saturated heterocycles. The first kappa shape index (κ1) is 20.3. The van der Waals surface area contributed by atoms with Gasteiger partial charge in [-0.2, -0.15) is 4.98 Å². The van der Waals surface area contributed by atoms with Crippen LogP contribution in [0.15, 0.2) is 63.0 Å². The van der Waals surface area contributed by atoms with E-state index in [1.807, 2.05) is 59.9 Å². The molecule has 10 heteroatoms. The van der Waals surface area contributed by atoms with Gasteiger partial charge in [-0.25, -0.2) is 0 Å². The van der Waals surface area contributed by atoms with Crippen LogP contribution in [0.3, 0.4) is 0 Å². The van der Waals surface area contributed by atoms with E-state index in [2.05, 4.69) is 20.3 Å². The Morgan fingerprint density at radius 3 is 2.69 bits per heavy atom. The lowest BCUT2D eigenvalue weighted by Gasteiger charge is -2.13. The first-order valence-electron chi connectivity index (χ1n) is 10.0. The highest BCUT2D eigenvalue weighted by Crippen LogP contribution is 2.34. The Kier molecular flexibility index (Phi) is 5.14. The Labute approximate surface area is 187 Å². The van der Waals surface area contributed by atoms with E-state index in [0.29, 0.717) is 40.3 Å². The van der Waals surface area contributed by atoms with Crippen LogP contribution in [-0.2, 0) is 6.54 Å². The number of ether oxygens (including phenoxy) is 1. The van der Waals surface area contributed by atoms with E-state index in [0.717, 1.165) is 11.1 Å². The van der Waals surface area contributed by atoms with Crippen LogP contribution in [0.1, 0.15) is 29.5 Å². The summed E-state index contributed by atoms with van der Waals surface area (Å²) in [7, 11) is 1.62. The zero-order valence-electron chi connectivity index (χ0n) is 17.7. The number of methoxy groups -OCH3 is 1. The number of aryl methyl sites for hydroxylation is 1. The maximum absolute atomic E-state index is 13.4. The summed E-state index contributed by atoms with van der Waals surface area (Å²) in [6.07, 6.45) is 0. The van der Waals surface area contributed by atoms with Crippen molar-refractivity contribution in [2.75, 3.05) is 7.11 Å².